The molecule has 0 saturated heterocycles. The van der Waals surface area contributed by atoms with E-state index in [1.54, 1.807) is 0 Å². The van der Waals surface area contributed by atoms with Crippen molar-refractivity contribution < 1.29 is 27.5 Å². The Hall–Kier alpha value is -2.61. The highest BCUT2D eigenvalue weighted by Gasteiger charge is 2.15. The summed E-state index contributed by atoms with van der Waals surface area (Å²) < 4.78 is 52.5. The first-order valence-corrected chi connectivity index (χ1v) is 6.50. The zero-order valence-electron chi connectivity index (χ0n) is 11.6. The van der Waals surface area contributed by atoms with Crippen LogP contribution in [0.4, 0.5) is 28.0 Å². The highest BCUT2D eigenvalue weighted by atomic mass is 19.2. The van der Waals surface area contributed by atoms with Gasteiger partial charge in [0.25, 0.3) is 0 Å². The zero-order valence-corrected chi connectivity index (χ0v) is 11.6. The van der Waals surface area contributed by atoms with Gasteiger partial charge in [0.2, 0.25) is 0 Å². The van der Waals surface area contributed by atoms with Crippen LogP contribution in [0.1, 0.15) is 11.7 Å². The van der Waals surface area contributed by atoms with Crippen LogP contribution >= 0.6 is 0 Å². The summed E-state index contributed by atoms with van der Waals surface area (Å²) in [5, 5.41) is 13.9. The molecule has 0 fully saturated rings. The smallest absolute Gasteiger partial charge is 0.319 e. The summed E-state index contributed by atoms with van der Waals surface area (Å²) in [5.41, 5.74) is -0.589. The predicted octanol–water partition coefficient (Wildman–Crippen LogP) is 3.10. The molecule has 2 amide bonds. The molecule has 0 aliphatic rings. The number of anilines is 1. The van der Waals surface area contributed by atoms with Gasteiger partial charge >= 0.3 is 6.03 Å². The Morgan fingerprint density at radius 3 is 2.35 bits per heavy atom. The first-order valence-electron chi connectivity index (χ1n) is 6.50. The highest BCUT2D eigenvalue weighted by molar-refractivity contribution is 5.89. The van der Waals surface area contributed by atoms with Crippen molar-refractivity contribution in [2.24, 2.45) is 0 Å². The van der Waals surface area contributed by atoms with Crippen LogP contribution in [0.5, 0.6) is 0 Å². The van der Waals surface area contributed by atoms with Crippen LogP contribution in [0.15, 0.2) is 36.4 Å². The number of aliphatic hydroxyl groups excluding tert-OH is 1. The van der Waals surface area contributed by atoms with Crippen molar-refractivity contribution in [3.05, 3.63) is 65.2 Å². The Bertz CT molecular complexity index is 725. The summed E-state index contributed by atoms with van der Waals surface area (Å²) in [5.74, 6) is -4.51. The van der Waals surface area contributed by atoms with Crippen LogP contribution in [-0.4, -0.2) is 17.7 Å². The van der Waals surface area contributed by atoms with E-state index in [1.807, 2.05) is 5.32 Å². The summed E-state index contributed by atoms with van der Waals surface area (Å²) in [4.78, 5) is 11.6. The molecule has 0 saturated carbocycles. The van der Waals surface area contributed by atoms with Crippen LogP contribution < -0.4 is 10.6 Å². The number of benzene rings is 2. The van der Waals surface area contributed by atoms with Crippen LogP contribution in [-0.2, 0) is 0 Å². The quantitative estimate of drug-likeness (QED) is 0.597. The lowest BCUT2D eigenvalue weighted by molar-refractivity contribution is 0.170. The van der Waals surface area contributed by atoms with Gasteiger partial charge in [-0.25, -0.2) is 22.4 Å². The highest BCUT2D eigenvalue weighted by Crippen LogP contribution is 2.19. The molecule has 8 heteroatoms. The fourth-order valence-corrected chi connectivity index (χ4v) is 1.83. The Labute approximate surface area is 128 Å². The van der Waals surface area contributed by atoms with Gasteiger partial charge in [0.05, 0.1) is 11.8 Å². The van der Waals surface area contributed by atoms with Crippen molar-refractivity contribution in [3.8, 4) is 0 Å². The molecule has 3 N–H and O–H groups in total. The van der Waals surface area contributed by atoms with E-state index >= 15 is 0 Å². The molecule has 2 aromatic rings. The molecule has 2 rings (SSSR count). The molecule has 4 nitrogen and oxygen atoms in total. The SMILES string of the molecule is O=C(NCC(O)c1ccccc1F)Nc1cc(F)c(F)cc1F. The summed E-state index contributed by atoms with van der Waals surface area (Å²) in [6.07, 6.45) is -1.32. The van der Waals surface area contributed by atoms with Crippen molar-refractivity contribution >= 4 is 11.7 Å². The number of carbonyl (C=O) groups is 1. The third-order valence-corrected chi connectivity index (χ3v) is 2.98. The van der Waals surface area contributed by atoms with E-state index in [4.69, 9.17) is 0 Å². The van der Waals surface area contributed by atoms with Crippen LogP contribution in [0.25, 0.3) is 0 Å². The zero-order chi connectivity index (χ0) is 17.0. The minimum absolute atomic E-state index is 0.0215. The van der Waals surface area contributed by atoms with E-state index in [1.165, 1.54) is 18.2 Å². The predicted molar refractivity (Wildman–Crippen MR) is 74.7 cm³/mol. The average molecular weight is 328 g/mol. The lowest BCUT2D eigenvalue weighted by atomic mass is 10.1. The molecule has 1 atom stereocenters. The number of nitrogens with one attached hydrogen (secondary N) is 2. The minimum atomic E-state index is -1.39. The molecule has 0 radical (unpaired) electrons. The van der Waals surface area contributed by atoms with Crippen LogP contribution in [0.2, 0.25) is 0 Å². The number of urea groups is 1. The maximum Gasteiger partial charge on any atom is 0.319 e. The lowest BCUT2D eigenvalue weighted by Crippen LogP contribution is -2.33. The lowest BCUT2D eigenvalue weighted by Gasteiger charge is -2.14. The van der Waals surface area contributed by atoms with E-state index in [-0.39, 0.29) is 12.1 Å². The van der Waals surface area contributed by atoms with Crippen molar-refractivity contribution in [3.63, 3.8) is 0 Å². The van der Waals surface area contributed by atoms with Crippen molar-refractivity contribution in [2.45, 2.75) is 6.10 Å². The number of hydrogen-bond donors (Lipinski definition) is 3. The van der Waals surface area contributed by atoms with Crippen LogP contribution in [0.3, 0.4) is 0 Å². The van der Waals surface area contributed by atoms with Gasteiger partial charge < -0.3 is 15.7 Å². The number of aliphatic hydroxyl groups is 1. The molecule has 2 aromatic carbocycles. The Balaban J connectivity index is 1.96. The third kappa shape index (κ3) is 4.19. The topological polar surface area (TPSA) is 61.4 Å². The second kappa shape index (κ2) is 7.10. The minimum Gasteiger partial charge on any atom is -0.386 e. The van der Waals surface area contributed by atoms with Gasteiger partial charge in [-0.05, 0) is 6.07 Å². The van der Waals surface area contributed by atoms with E-state index in [0.29, 0.717) is 12.1 Å². The van der Waals surface area contributed by atoms with Crippen molar-refractivity contribution in [1.29, 1.82) is 0 Å². The number of hydrogen-bond acceptors (Lipinski definition) is 2. The summed E-state index contributed by atoms with van der Waals surface area (Å²) in [7, 11) is 0. The Kier molecular flexibility index (Phi) is 5.17. The molecule has 0 aliphatic heterocycles. The first kappa shape index (κ1) is 16.8. The third-order valence-electron chi connectivity index (χ3n) is 2.98. The molecule has 0 bridgehead atoms. The molecule has 0 aromatic heterocycles. The second-order valence-electron chi connectivity index (χ2n) is 4.62. The molecule has 0 heterocycles. The van der Waals surface area contributed by atoms with Gasteiger partial charge in [0.15, 0.2) is 11.6 Å². The molecular weight excluding hydrogens is 316 g/mol. The van der Waals surface area contributed by atoms with Crippen molar-refractivity contribution in [1.82, 2.24) is 5.32 Å². The standard InChI is InChI=1S/C15H12F4N2O2/c16-9-4-2-1-3-8(9)14(22)7-20-15(23)21-13-6-11(18)10(17)5-12(13)19/h1-6,14,22H,7H2,(H2,20,21,23). The first-order chi connectivity index (χ1) is 10.9. The molecule has 1 unspecified atom stereocenters. The largest absolute Gasteiger partial charge is 0.386 e. The van der Waals surface area contributed by atoms with Gasteiger partial charge in [0, 0.05) is 24.2 Å². The average Bonchev–Trinajstić information content (AvgIpc) is 2.51. The van der Waals surface area contributed by atoms with E-state index in [2.05, 4.69) is 5.32 Å². The molecule has 0 spiro atoms. The van der Waals surface area contributed by atoms with Crippen molar-refractivity contribution in [2.75, 3.05) is 11.9 Å². The molecule has 122 valence electrons. The number of rotatable bonds is 4. The van der Waals surface area contributed by atoms with E-state index in [0.717, 1.165) is 6.07 Å². The van der Waals surface area contributed by atoms with Gasteiger partial charge in [-0.2, -0.15) is 0 Å². The number of amides is 2. The van der Waals surface area contributed by atoms with Gasteiger partial charge in [-0.1, -0.05) is 18.2 Å². The maximum absolute atomic E-state index is 13.4. The maximum atomic E-state index is 13.4. The monoisotopic (exact) mass is 328 g/mol. The fraction of sp³-hybridized carbons (Fsp3) is 0.133. The molecular formula is C15H12F4N2O2. The van der Waals surface area contributed by atoms with Gasteiger partial charge in [-0.3, -0.25) is 0 Å². The molecule has 0 aliphatic carbocycles. The van der Waals surface area contributed by atoms with Crippen LogP contribution in [0, 0.1) is 23.3 Å². The Morgan fingerprint density at radius 2 is 1.65 bits per heavy atom. The Morgan fingerprint density at radius 1 is 1.00 bits per heavy atom. The van der Waals surface area contributed by atoms with E-state index in [9.17, 15) is 27.5 Å². The summed E-state index contributed by atoms with van der Waals surface area (Å²) in [6, 6.07) is 5.25. The summed E-state index contributed by atoms with van der Waals surface area (Å²) >= 11 is 0. The fourth-order valence-electron chi connectivity index (χ4n) is 1.83. The normalized spacial score (nSPS) is 11.9. The summed E-state index contributed by atoms with van der Waals surface area (Å²) in [6.45, 7) is -0.363. The number of halogens is 4. The van der Waals surface area contributed by atoms with Gasteiger partial charge in [-0.15, -0.1) is 0 Å². The van der Waals surface area contributed by atoms with Gasteiger partial charge in [0.1, 0.15) is 11.6 Å². The molecule has 23 heavy (non-hydrogen) atoms. The number of carbonyl (C=O) groups excluding carboxylic acids is 1. The van der Waals surface area contributed by atoms with E-state index < -0.39 is 41.1 Å². The second-order valence-corrected chi connectivity index (χ2v) is 4.62.